The van der Waals surface area contributed by atoms with Crippen molar-refractivity contribution in [1.29, 1.82) is 0 Å². The van der Waals surface area contributed by atoms with Crippen molar-refractivity contribution >= 4 is 5.78 Å². The molecule has 0 unspecified atom stereocenters. The second kappa shape index (κ2) is 4.41. The van der Waals surface area contributed by atoms with E-state index in [0.29, 0.717) is 6.42 Å². The molecule has 0 aromatic heterocycles. The van der Waals surface area contributed by atoms with E-state index in [0.717, 1.165) is 17.5 Å². The Bertz CT molecular complexity index is 588. The van der Waals surface area contributed by atoms with Crippen molar-refractivity contribution in [3.8, 4) is 0 Å². The number of hydrogen-bond donors (Lipinski definition) is 0. The average Bonchev–Trinajstić information content (AvgIpc) is 2.58. The summed E-state index contributed by atoms with van der Waals surface area (Å²) in [4.78, 5) is 12.1. The molecule has 0 N–H and O–H groups in total. The fourth-order valence-corrected chi connectivity index (χ4v) is 2.77. The van der Waals surface area contributed by atoms with Gasteiger partial charge < -0.3 is 0 Å². The molecular formula is C17H16O. The Morgan fingerprint density at radius 2 is 2.11 bits per heavy atom. The molecule has 0 amide bonds. The van der Waals surface area contributed by atoms with Gasteiger partial charge in [-0.2, -0.15) is 0 Å². The van der Waals surface area contributed by atoms with E-state index in [2.05, 4.69) is 42.5 Å². The molecule has 1 heteroatoms. The van der Waals surface area contributed by atoms with Crippen LogP contribution in [0.1, 0.15) is 40.2 Å². The van der Waals surface area contributed by atoms with Crippen LogP contribution in [0.5, 0.6) is 0 Å². The van der Waals surface area contributed by atoms with Crippen LogP contribution in [0.15, 0.2) is 54.2 Å². The van der Waals surface area contributed by atoms with Gasteiger partial charge in [-0.25, -0.2) is 0 Å². The van der Waals surface area contributed by atoms with Gasteiger partial charge in [-0.3, -0.25) is 4.79 Å². The Morgan fingerprint density at radius 3 is 3.00 bits per heavy atom. The van der Waals surface area contributed by atoms with Crippen LogP contribution in [0.4, 0.5) is 0 Å². The first-order valence-electron chi connectivity index (χ1n) is 6.43. The molecule has 1 nitrogen and oxygen atoms in total. The van der Waals surface area contributed by atoms with Gasteiger partial charge in [-0.1, -0.05) is 48.1 Å². The van der Waals surface area contributed by atoms with E-state index >= 15 is 0 Å². The number of fused-ring (bicyclic) bond motifs is 1. The van der Waals surface area contributed by atoms with Gasteiger partial charge in [-0.05, 0) is 30.5 Å². The van der Waals surface area contributed by atoms with Crippen LogP contribution in [0.3, 0.4) is 0 Å². The molecule has 0 aliphatic heterocycles. The third-order valence-electron chi connectivity index (χ3n) is 3.70. The lowest BCUT2D eigenvalue weighted by Crippen LogP contribution is -1.97. The summed E-state index contributed by atoms with van der Waals surface area (Å²) in [5.41, 5.74) is 4.56. The maximum absolute atomic E-state index is 12.1. The summed E-state index contributed by atoms with van der Waals surface area (Å²) in [7, 11) is 0. The zero-order valence-corrected chi connectivity index (χ0v) is 10.5. The molecule has 0 heterocycles. The highest BCUT2D eigenvalue weighted by atomic mass is 16.1. The van der Waals surface area contributed by atoms with E-state index in [-0.39, 0.29) is 11.7 Å². The molecular weight excluding hydrogens is 220 g/mol. The van der Waals surface area contributed by atoms with Gasteiger partial charge in [-0.15, -0.1) is 0 Å². The molecule has 3 rings (SSSR count). The molecule has 1 aromatic rings. The zero-order chi connectivity index (χ0) is 12.5. The predicted molar refractivity (Wildman–Crippen MR) is 73.8 cm³/mol. The third kappa shape index (κ3) is 1.86. The minimum atomic E-state index is 0.254. The molecule has 1 atom stereocenters. The Hall–Kier alpha value is -1.89. The van der Waals surface area contributed by atoms with Crippen molar-refractivity contribution in [2.75, 3.05) is 0 Å². The van der Waals surface area contributed by atoms with E-state index in [9.17, 15) is 4.79 Å². The minimum absolute atomic E-state index is 0.254. The molecule has 0 saturated carbocycles. The number of allylic oxidation sites excluding steroid dienone is 6. The zero-order valence-electron chi connectivity index (χ0n) is 10.5. The topological polar surface area (TPSA) is 17.1 Å². The number of aryl methyl sites for hydroxylation is 1. The van der Waals surface area contributed by atoms with Gasteiger partial charge >= 0.3 is 0 Å². The minimum Gasteiger partial charge on any atom is -0.294 e. The highest BCUT2D eigenvalue weighted by molar-refractivity contribution is 6.02. The standard InChI is InChI=1S/C17H16O/c1-12-8-9-14-15(11-17(18)16(14)10-12)13-6-4-2-3-5-7-13/h2-4,6-10,15H,5,11H2,1H3/t15-/m1/s1. The van der Waals surface area contributed by atoms with Gasteiger partial charge in [0.15, 0.2) is 5.78 Å². The molecule has 0 radical (unpaired) electrons. The number of carbonyl (C=O) groups is 1. The first kappa shape index (κ1) is 11.2. The first-order valence-corrected chi connectivity index (χ1v) is 6.43. The maximum atomic E-state index is 12.1. The summed E-state index contributed by atoms with van der Waals surface area (Å²) >= 11 is 0. The van der Waals surface area contributed by atoms with Crippen molar-refractivity contribution < 1.29 is 4.79 Å². The van der Waals surface area contributed by atoms with Crippen LogP contribution in [0.25, 0.3) is 0 Å². The number of rotatable bonds is 1. The van der Waals surface area contributed by atoms with Crippen molar-refractivity contribution in [2.24, 2.45) is 0 Å². The van der Waals surface area contributed by atoms with Gasteiger partial charge in [0.1, 0.15) is 0 Å². The van der Waals surface area contributed by atoms with Crippen LogP contribution in [-0.2, 0) is 0 Å². The van der Waals surface area contributed by atoms with E-state index in [1.54, 1.807) is 0 Å². The molecule has 90 valence electrons. The van der Waals surface area contributed by atoms with Crippen LogP contribution in [-0.4, -0.2) is 5.78 Å². The molecule has 2 aliphatic rings. The summed E-state index contributed by atoms with van der Waals surface area (Å²) in [5, 5.41) is 0. The molecule has 0 saturated heterocycles. The van der Waals surface area contributed by atoms with Crippen molar-refractivity contribution in [3.63, 3.8) is 0 Å². The number of ketones is 1. The Balaban J connectivity index is 2.03. The normalized spacial score (nSPS) is 21.7. The summed E-state index contributed by atoms with van der Waals surface area (Å²) in [5.74, 6) is 0.537. The molecule has 0 bridgehead atoms. The van der Waals surface area contributed by atoms with E-state index in [4.69, 9.17) is 0 Å². The van der Waals surface area contributed by atoms with E-state index < -0.39 is 0 Å². The Kier molecular flexibility index (Phi) is 2.75. The monoisotopic (exact) mass is 236 g/mol. The maximum Gasteiger partial charge on any atom is 0.164 e. The molecule has 18 heavy (non-hydrogen) atoms. The Labute approximate surface area is 108 Å². The van der Waals surface area contributed by atoms with Crippen molar-refractivity contribution in [2.45, 2.75) is 25.7 Å². The van der Waals surface area contributed by atoms with Crippen LogP contribution in [0, 0.1) is 6.92 Å². The molecule has 0 spiro atoms. The van der Waals surface area contributed by atoms with Gasteiger partial charge in [0, 0.05) is 17.9 Å². The highest BCUT2D eigenvalue weighted by Crippen LogP contribution is 2.39. The number of Topliss-reactive ketones (excluding diaryl/α,β-unsaturated/α-hetero) is 1. The number of carbonyl (C=O) groups excluding carboxylic acids is 1. The van der Waals surface area contributed by atoms with Crippen LogP contribution >= 0.6 is 0 Å². The fourth-order valence-electron chi connectivity index (χ4n) is 2.77. The first-order chi connectivity index (χ1) is 8.75. The summed E-state index contributed by atoms with van der Waals surface area (Å²) in [6.07, 6.45) is 12.2. The Morgan fingerprint density at radius 1 is 1.22 bits per heavy atom. The van der Waals surface area contributed by atoms with Gasteiger partial charge in [0.2, 0.25) is 0 Å². The lowest BCUT2D eigenvalue weighted by Gasteiger charge is -2.12. The average molecular weight is 236 g/mol. The van der Waals surface area contributed by atoms with Gasteiger partial charge in [0.05, 0.1) is 0 Å². The van der Waals surface area contributed by atoms with Crippen LogP contribution in [0.2, 0.25) is 0 Å². The van der Waals surface area contributed by atoms with Crippen molar-refractivity contribution in [3.05, 3.63) is 70.8 Å². The lowest BCUT2D eigenvalue weighted by molar-refractivity contribution is 0.0991. The summed E-state index contributed by atoms with van der Waals surface area (Å²) < 4.78 is 0. The van der Waals surface area contributed by atoms with Crippen LogP contribution < -0.4 is 0 Å². The summed E-state index contributed by atoms with van der Waals surface area (Å²) in [6, 6.07) is 6.24. The highest BCUT2D eigenvalue weighted by Gasteiger charge is 2.30. The largest absolute Gasteiger partial charge is 0.294 e. The van der Waals surface area contributed by atoms with Gasteiger partial charge in [0.25, 0.3) is 0 Å². The fraction of sp³-hybridized carbons (Fsp3) is 0.235. The second-order valence-electron chi connectivity index (χ2n) is 5.00. The van der Waals surface area contributed by atoms with Crippen molar-refractivity contribution in [1.82, 2.24) is 0 Å². The SMILES string of the molecule is Cc1ccc2c(c1)C(=O)C[C@@H]2C1=CCC=CC=C1. The molecule has 1 aromatic carbocycles. The van der Waals surface area contributed by atoms with E-state index in [1.165, 1.54) is 11.1 Å². The third-order valence-corrected chi connectivity index (χ3v) is 3.70. The second-order valence-corrected chi connectivity index (χ2v) is 5.00. The lowest BCUT2D eigenvalue weighted by atomic mass is 9.91. The smallest absolute Gasteiger partial charge is 0.164 e. The predicted octanol–water partition coefficient (Wildman–Crippen LogP) is 4.11. The number of benzene rings is 1. The molecule has 0 fully saturated rings. The van der Waals surface area contributed by atoms with E-state index in [1.807, 2.05) is 13.0 Å². The summed E-state index contributed by atoms with van der Waals surface area (Å²) in [6.45, 7) is 2.04. The number of hydrogen-bond acceptors (Lipinski definition) is 1. The molecule has 2 aliphatic carbocycles. The quantitative estimate of drug-likeness (QED) is 0.717.